The van der Waals surface area contributed by atoms with Crippen LogP contribution in [0.15, 0.2) is 23.9 Å². The van der Waals surface area contributed by atoms with E-state index in [2.05, 4.69) is 10.6 Å². The van der Waals surface area contributed by atoms with E-state index >= 15 is 0 Å². The zero-order chi connectivity index (χ0) is 21.6. The van der Waals surface area contributed by atoms with Crippen molar-refractivity contribution in [3.8, 4) is 11.5 Å². The van der Waals surface area contributed by atoms with Gasteiger partial charge in [-0.25, -0.2) is 0 Å². The molecule has 1 heterocycles. The predicted molar refractivity (Wildman–Crippen MR) is 109 cm³/mol. The number of ether oxygens (including phenoxy) is 3. The number of methoxy groups -OCH3 is 1. The van der Waals surface area contributed by atoms with Crippen molar-refractivity contribution in [3.05, 3.63) is 34.5 Å². The van der Waals surface area contributed by atoms with Crippen LogP contribution in [0.5, 0.6) is 11.5 Å². The van der Waals surface area contributed by atoms with E-state index in [4.69, 9.17) is 38.0 Å². The Morgan fingerprint density at radius 2 is 2.07 bits per heavy atom. The highest BCUT2D eigenvalue weighted by molar-refractivity contribution is 7.80. The van der Waals surface area contributed by atoms with E-state index in [0.29, 0.717) is 27.8 Å². The van der Waals surface area contributed by atoms with Crippen molar-refractivity contribution in [1.29, 1.82) is 0 Å². The number of carbonyl (C=O) groups is 2. The minimum Gasteiger partial charge on any atom is -0.546 e. The molecule has 0 spiro atoms. The van der Waals surface area contributed by atoms with Crippen molar-refractivity contribution in [2.45, 2.75) is 26.3 Å². The topological polar surface area (TPSA) is 109 Å². The van der Waals surface area contributed by atoms with Crippen molar-refractivity contribution in [1.82, 2.24) is 10.6 Å². The molecule has 0 aliphatic carbocycles. The number of rotatable bonds is 8. The van der Waals surface area contributed by atoms with Crippen molar-refractivity contribution in [2.24, 2.45) is 5.92 Å². The molecule has 2 N–H and O–H groups in total. The third-order valence-electron chi connectivity index (χ3n) is 4.12. The van der Waals surface area contributed by atoms with Crippen molar-refractivity contribution < 1.29 is 28.9 Å². The first-order valence-electron chi connectivity index (χ1n) is 8.96. The lowest BCUT2D eigenvalue weighted by molar-refractivity contribution is -0.307. The van der Waals surface area contributed by atoms with Crippen LogP contribution < -0.4 is 25.2 Å². The number of esters is 1. The molecule has 1 aromatic carbocycles. The SMILES string of the molecule is CC/C=C1/NC(=S)N[C@H](c2cc(Cl)cc(OC)c2OCC(=O)[O-])[C@H]1C(=O)OCC. The van der Waals surface area contributed by atoms with Gasteiger partial charge in [0.15, 0.2) is 16.6 Å². The molecule has 0 bridgehead atoms. The van der Waals surface area contributed by atoms with Crippen molar-refractivity contribution in [3.63, 3.8) is 0 Å². The van der Waals surface area contributed by atoms with Crippen LogP contribution in [0, 0.1) is 5.92 Å². The molecule has 0 amide bonds. The van der Waals surface area contributed by atoms with E-state index in [1.807, 2.05) is 13.0 Å². The minimum atomic E-state index is -1.41. The first kappa shape index (κ1) is 22.8. The highest BCUT2D eigenvalue weighted by Crippen LogP contribution is 2.42. The number of aliphatic carboxylic acids is 1. The van der Waals surface area contributed by atoms with Crippen LogP contribution in [0.3, 0.4) is 0 Å². The average molecular weight is 442 g/mol. The van der Waals surface area contributed by atoms with Gasteiger partial charge in [0.2, 0.25) is 0 Å². The molecular weight excluding hydrogens is 420 g/mol. The van der Waals surface area contributed by atoms with Gasteiger partial charge in [-0.1, -0.05) is 24.6 Å². The Labute approximate surface area is 179 Å². The molecule has 1 saturated heterocycles. The number of carbonyl (C=O) groups excluding carboxylic acids is 2. The first-order valence-corrected chi connectivity index (χ1v) is 9.75. The van der Waals surface area contributed by atoms with Gasteiger partial charge >= 0.3 is 5.97 Å². The van der Waals surface area contributed by atoms with Gasteiger partial charge in [-0.05, 0) is 31.6 Å². The number of hydrogen-bond donors (Lipinski definition) is 2. The molecule has 10 heteroatoms. The van der Waals surface area contributed by atoms with E-state index < -0.39 is 30.5 Å². The molecule has 0 saturated carbocycles. The van der Waals surface area contributed by atoms with Gasteiger partial charge in [-0.2, -0.15) is 0 Å². The molecule has 1 aliphatic heterocycles. The van der Waals surface area contributed by atoms with Gasteiger partial charge in [0.05, 0.1) is 25.7 Å². The lowest BCUT2D eigenvalue weighted by atomic mass is 9.87. The largest absolute Gasteiger partial charge is 0.546 e. The number of hydrogen-bond acceptors (Lipinski definition) is 7. The summed E-state index contributed by atoms with van der Waals surface area (Å²) in [6.07, 6.45) is 2.49. The molecule has 0 aromatic heterocycles. The summed E-state index contributed by atoms with van der Waals surface area (Å²) in [5, 5.41) is 17.6. The zero-order valence-corrected chi connectivity index (χ0v) is 17.8. The Hall–Kier alpha value is -2.52. The smallest absolute Gasteiger partial charge is 0.317 e. The quantitative estimate of drug-likeness (QED) is 0.457. The monoisotopic (exact) mass is 441 g/mol. The van der Waals surface area contributed by atoms with Gasteiger partial charge in [0.25, 0.3) is 0 Å². The predicted octanol–water partition coefficient (Wildman–Crippen LogP) is 1.47. The van der Waals surface area contributed by atoms with Crippen LogP contribution >= 0.6 is 23.8 Å². The highest BCUT2D eigenvalue weighted by Gasteiger charge is 2.40. The van der Waals surface area contributed by atoms with Crippen molar-refractivity contribution >= 4 is 40.9 Å². The molecule has 1 aliphatic rings. The normalized spacial score (nSPS) is 19.9. The molecule has 2 atom stereocenters. The first-order chi connectivity index (χ1) is 13.8. The summed E-state index contributed by atoms with van der Waals surface area (Å²) in [6.45, 7) is 3.12. The molecule has 0 unspecified atom stereocenters. The van der Waals surface area contributed by atoms with Gasteiger partial charge in [-0.15, -0.1) is 0 Å². The Kier molecular flexibility index (Phi) is 8.10. The summed E-state index contributed by atoms with van der Waals surface area (Å²) in [5.74, 6) is -2.35. The Bertz CT molecular complexity index is 829. The van der Waals surface area contributed by atoms with Crippen LogP contribution in [0.4, 0.5) is 0 Å². The summed E-state index contributed by atoms with van der Waals surface area (Å²) >= 11 is 11.5. The number of thiocarbonyl (C=S) groups is 1. The standard InChI is InChI=1S/C19H23ClN2O6S/c1-4-6-12-15(18(25)27-5-2)16(22-19(29)21-12)11-7-10(20)8-13(26-3)17(11)28-9-14(23)24/h6-8,15-16H,4-5,9H2,1-3H3,(H,23,24)(H2,21,22,29)/p-1/b12-6+/t15-,16+/m0/s1. The third-order valence-corrected chi connectivity index (χ3v) is 4.55. The molecule has 158 valence electrons. The van der Waals surface area contributed by atoms with E-state index in [0.717, 1.165) is 0 Å². The summed E-state index contributed by atoms with van der Waals surface area (Å²) < 4.78 is 16.0. The maximum Gasteiger partial charge on any atom is 0.317 e. The Morgan fingerprint density at radius 1 is 1.34 bits per heavy atom. The Morgan fingerprint density at radius 3 is 2.66 bits per heavy atom. The number of carboxylic acid groups (broad SMARTS) is 1. The van der Waals surface area contributed by atoms with E-state index in [9.17, 15) is 14.7 Å². The third kappa shape index (κ3) is 5.51. The summed E-state index contributed by atoms with van der Waals surface area (Å²) in [7, 11) is 1.40. The molecule has 29 heavy (non-hydrogen) atoms. The van der Waals surface area contributed by atoms with E-state index in [1.165, 1.54) is 13.2 Å². The number of nitrogens with one attached hydrogen (secondary N) is 2. The second kappa shape index (κ2) is 10.3. The van der Waals surface area contributed by atoms with Crippen molar-refractivity contribution in [2.75, 3.05) is 20.3 Å². The second-order valence-corrected chi connectivity index (χ2v) is 6.91. The average Bonchev–Trinajstić information content (AvgIpc) is 2.66. The fourth-order valence-corrected chi connectivity index (χ4v) is 3.52. The molecular formula is C19H22ClN2O6S-. The van der Waals surface area contributed by atoms with Gasteiger partial charge in [0.1, 0.15) is 12.5 Å². The number of allylic oxidation sites excluding steroid dienone is 1. The highest BCUT2D eigenvalue weighted by atomic mass is 35.5. The van der Waals surface area contributed by atoms with Gasteiger partial charge in [0, 0.05) is 22.3 Å². The number of benzene rings is 1. The fourth-order valence-electron chi connectivity index (χ4n) is 3.06. The van der Waals surface area contributed by atoms with Gasteiger partial charge < -0.3 is 34.7 Å². The molecule has 0 radical (unpaired) electrons. The number of halogens is 1. The lowest BCUT2D eigenvalue weighted by Gasteiger charge is -2.36. The lowest BCUT2D eigenvalue weighted by Crippen LogP contribution is -2.51. The summed E-state index contributed by atoms with van der Waals surface area (Å²) in [4.78, 5) is 23.7. The van der Waals surface area contributed by atoms with E-state index in [-0.39, 0.29) is 18.1 Å². The maximum atomic E-state index is 12.8. The molecule has 1 aromatic rings. The summed E-state index contributed by atoms with van der Waals surface area (Å²) in [5.41, 5.74) is 0.976. The second-order valence-electron chi connectivity index (χ2n) is 6.06. The van der Waals surface area contributed by atoms with Crippen LogP contribution in [-0.2, 0) is 14.3 Å². The summed E-state index contributed by atoms with van der Waals surface area (Å²) in [6, 6.07) is 2.32. The number of carboxylic acids is 1. The minimum absolute atomic E-state index is 0.119. The van der Waals surface area contributed by atoms with Gasteiger partial charge in [-0.3, -0.25) is 4.79 Å². The molecule has 1 fully saturated rings. The van der Waals surface area contributed by atoms with Crippen LogP contribution in [0.25, 0.3) is 0 Å². The van der Waals surface area contributed by atoms with Crippen LogP contribution in [0.2, 0.25) is 5.02 Å². The molecule has 8 nitrogen and oxygen atoms in total. The zero-order valence-electron chi connectivity index (χ0n) is 16.2. The molecule has 2 rings (SSSR count). The van der Waals surface area contributed by atoms with Crippen LogP contribution in [0.1, 0.15) is 31.9 Å². The van der Waals surface area contributed by atoms with E-state index in [1.54, 1.807) is 13.0 Å². The fraction of sp³-hybridized carbons (Fsp3) is 0.421. The van der Waals surface area contributed by atoms with Crippen LogP contribution in [-0.4, -0.2) is 37.4 Å². The Balaban J connectivity index is 2.64. The maximum absolute atomic E-state index is 12.8.